The number of hydrogen-bond acceptors (Lipinski definition) is 6. The normalized spacial score (nSPS) is 17.7. The van der Waals surface area contributed by atoms with Crippen LogP contribution in [0, 0.1) is 0 Å². The molecule has 1 aliphatic carbocycles. The molecular weight excluding hydrogens is 438 g/mol. The van der Waals surface area contributed by atoms with Crippen LogP contribution < -0.4 is 10.1 Å². The lowest BCUT2D eigenvalue weighted by Crippen LogP contribution is -2.33. The van der Waals surface area contributed by atoms with Crippen molar-refractivity contribution in [3.63, 3.8) is 0 Å². The van der Waals surface area contributed by atoms with Crippen molar-refractivity contribution in [2.75, 3.05) is 19.7 Å². The quantitative estimate of drug-likeness (QED) is 0.317. The van der Waals surface area contributed by atoms with Crippen molar-refractivity contribution in [2.45, 2.75) is 38.7 Å². The molecule has 0 saturated heterocycles. The number of rotatable bonds is 11. The molecule has 2 aromatic rings. The lowest BCUT2D eigenvalue weighted by atomic mass is 9.91. The van der Waals surface area contributed by atoms with E-state index in [4.69, 9.17) is 14.8 Å². The number of hydrogen-bond donors (Lipinski definition) is 3. The highest BCUT2D eigenvalue weighted by Gasteiger charge is 2.31. The number of nitrogens with one attached hydrogen (secondary N) is 2. The molecule has 1 unspecified atom stereocenters. The van der Waals surface area contributed by atoms with E-state index in [0.29, 0.717) is 12.3 Å². The number of aliphatic hydroxyl groups is 1. The molecule has 0 aromatic carbocycles. The number of aromatic amines is 1. The number of nitrogens with zero attached hydrogens (tertiary/aromatic N) is 3. The maximum Gasteiger partial charge on any atom is 0.172 e. The number of H-pyrrole nitrogens is 1. The van der Waals surface area contributed by atoms with Crippen LogP contribution in [0.2, 0.25) is 0 Å². The van der Waals surface area contributed by atoms with Gasteiger partial charge in [-0.05, 0) is 61.9 Å². The molecule has 2 aliphatic rings. The summed E-state index contributed by atoms with van der Waals surface area (Å²) in [5.41, 5.74) is 6.40. The molecule has 0 fully saturated rings. The second-order valence-electron chi connectivity index (χ2n) is 8.54. The summed E-state index contributed by atoms with van der Waals surface area (Å²) in [4.78, 5) is 9.65. The monoisotopic (exact) mass is 471 g/mol. The molecular formula is C28H33N5O2. The highest BCUT2D eigenvalue weighted by Crippen LogP contribution is 2.42. The molecule has 182 valence electrons. The van der Waals surface area contributed by atoms with Crippen molar-refractivity contribution in [3.05, 3.63) is 84.4 Å². The minimum atomic E-state index is -0.303. The lowest BCUT2D eigenvalue weighted by molar-refractivity contribution is 0.284. The topological polar surface area (TPSA) is 95.4 Å². The number of pyridine rings is 1. The number of aliphatic hydroxyl groups excluding tert-OH is 1. The second-order valence-corrected chi connectivity index (χ2v) is 8.54. The van der Waals surface area contributed by atoms with E-state index in [0.717, 1.165) is 66.0 Å². The molecule has 3 heterocycles. The Morgan fingerprint density at radius 1 is 1.34 bits per heavy atom. The van der Waals surface area contributed by atoms with Crippen molar-refractivity contribution >= 4 is 11.4 Å². The van der Waals surface area contributed by atoms with Crippen molar-refractivity contribution < 1.29 is 9.84 Å². The van der Waals surface area contributed by atoms with Gasteiger partial charge in [0.1, 0.15) is 11.4 Å². The Morgan fingerprint density at radius 2 is 2.26 bits per heavy atom. The van der Waals surface area contributed by atoms with Crippen molar-refractivity contribution in [2.24, 2.45) is 4.99 Å². The van der Waals surface area contributed by atoms with Crippen LogP contribution in [-0.2, 0) is 0 Å². The van der Waals surface area contributed by atoms with Crippen LogP contribution in [0.25, 0.3) is 11.3 Å². The van der Waals surface area contributed by atoms with E-state index in [9.17, 15) is 0 Å². The minimum absolute atomic E-state index is 0.230. The highest BCUT2D eigenvalue weighted by atomic mass is 16.5. The third-order valence-corrected chi connectivity index (χ3v) is 5.98. The van der Waals surface area contributed by atoms with Crippen molar-refractivity contribution in [1.82, 2.24) is 20.5 Å². The minimum Gasteiger partial charge on any atom is -0.475 e. The third-order valence-electron chi connectivity index (χ3n) is 5.98. The number of unbranched alkanes of at least 4 members (excludes halogenated alkanes) is 1. The molecule has 0 spiro atoms. The highest BCUT2D eigenvalue weighted by molar-refractivity contribution is 6.10. The van der Waals surface area contributed by atoms with E-state index >= 15 is 0 Å². The van der Waals surface area contributed by atoms with Crippen LogP contribution in [0.1, 0.15) is 32.6 Å². The van der Waals surface area contributed by atoms with Gasteiger partial charge in [0.25, 0.3) is 0 Å². The van der Waals surface area contributed by atoms with Crippen LogP contribution in [0.4, 0.5) is 5.69 Å². The van der Waals surface area contributed by atoms with E-state index < -0.39 is 0 Å². The molecule has 0 bridgehead atoms. The molecule has 0 radical (unpaired) electrons. The van der Waals surface area contributed by atoms with Gasteiger partial charge in [-0.3, -0.25) is 10.1 Å². The van der Waals surface area contributed by atoms with Crippen LogP contribution in [0.15, 0.2) is 89.4 Å². The SMILES string of the molecule is C=C(/C=C\C(=C/C)C1=Nc2ccnc(-c3cn[nH]c3)c2OC1C1=CC=CCC1)CNCCCCO. The number of fused-ring (bicyclic) bond motifs is 1. The zero-order valence-corrected chi connectivity index (χ0v) is 20.2. The standard InChI is InChI=1S/C28H33N5O2/c1-3-21(12-11-20(2)17-29-14-7-8-16-34)26-27(22-9-5-4-6-10-22)35-28-24(33-26)13-15-30-25(28)23-18-31-32-19-23/h3-5,9,11-13,15,18-19,27,29,34H,2,6-8,10,14,16-17H2,1H3,(H,31,32)/b12-11-,21-3+. The van der Waals surface area contributed by atoms with E-state index in [2.05, 4.69) is 57.5 Å². The van der Waals surface area contributed by atoms with Crippen LogP contribution in [0.3, 0.4) is 0 Å². The molecule has 0 saturated carbocycles. The second kappa shape index (κ2) is 12.2. The average Bonchev–Trinajstić information content (AvgIpc) is 3.43. The first kappa shape index (κ1) is 24.6. The van der Waals surface area contributed by atoms with E-state index in [-0.39, 0.29) is 12.7 Å². The summed E-state index contributed by atoms with van der Waals surface area (Å²) in [7, 11) is 0. The largest absolute Gasteiger partial charge is 0.475 e. The third kappa shape index (κ3) is 6.12. The molecule has 35 heavy (non-hydrogen) atoms. The maximum absolute atomic E-state index is 8.91. The molecule has 4 rings (SSSR count). The summed E-state index contributed by atoms with van der Waals surface area (Å²) < 4.78 is 6.66. The Balaban J connectivity index is 1.61. The van der Waals surface area contributed by atoms with Gasteiger partial charge < -0.3 is 15.2 Å². The van der Waals surface area contributed by atoms with Crippen molar-refractivity contribution in [1.29, 1.82) is 0 Å². The Hall–Kier alpha value is -3.55. The number of aromatic nitrogens is 3. The van der Waals surface area contributed by atoms with Gasteiger partial charge in [-0.2, -0.15) is 5.10 Å². The Labute approximate surface area is 206 Å². The fourth-order valence-electron chi connectivity index (χ4n) is 4.10. The van der Waals surface area contributed by atoms with E-state index in [1.807, 2.05) is 25.3 Å². The summed E-state index contributed by atoms with van der Waals surface area (Å²) in [5.74, 6) is 0.675. The maximum atomic E-state index is 8.91. The average molecular weight is 472 g/mol. The van der Waals surface area contributed by atoms with Crippen molar-refractivity contribution in [3.8, 4) is 17.0 Å². The first-order chi connectivity index (χ1) is 17.2. The predicted molar refractivity (Wildman–Crippen MR) is 141 cm³/mol. The summed E-state index contributed by atoms with van der Waals surface area (Å²) in [5, 5.41) is 19.2. The molecule has 3 N–H and O–H groups in total. The molecule has 1 atom stereocenters. The lowest BCUT2D eigenvalue weighted by Gasteiger charge is -2.30. The first-order valence-corrected chi connectivity index (χ1v) is 12.1. The van der Waals surface area contributed by atoms with Gasteiger partial charge in [0.05, 0.1) is 11.9 Å². The molecule has 2 aromatic heterocycles. The summed E-state index contributed by atoms with van der Waals surface area (Å²) >= 11 is 0. The van der Waals surface area contributed by atoms with Crippen LogP contribution in [0.5, 0.6) is 5.75 Å². The molecule has 7 heteroatoms. The smallest absolute Gasteiger partial charge is 0.172 e. The zero-order valence-electron chi connectivity index (χ0n) is 20.2. The number of ether oxygens (including phenoxy) is 1. The Kier molecular flexibility index (Phi) is 8.59. The summed E-state index contributed by atoms with van der Waals surface area (Å²) in [6.45, 7) is 7.98. The molecule has 7 nitrogen and oxygen atoms in total. The summed E-state index contributed by atoms with van der Waals surface area (Å²) in [6, 6.07) is 1.89. The fraction of sp³-hybridized carbons (Fsp3) is 0.321. The Morgan fingerprint density at radius 3 is 3.00 bits per heavy atom. The van der Waals surface area contributed by atoms with Gasteiger partial charge >= 0.3 is 0 Å². The van der Waals surface area contributed by atoms with Gasteiger partial charge in [-0.1, -0.05) is 43.0 Å². The van der Waals surface area contributed by atoms with Gasteiger partial charge in [0, 0.05) is 31.1 Å². The summed E-state index contributed by atoms with van der Waals surface area (Å²) in [6.07, 6.45) is 21.2. The van der Waals surface area contributed by atoms with Crippen LogP contribution >= 0.6 is 0 Å². The molecule has 0 amide bonds. The Bertz CT molecular complexity index is 1170. The van der Waals surface area contributed by atoms with Gasteiger partial charge in [0.2, 0.25) is 0 Å². The predicted octanol–water partition coefficient (Wildman–Crippen LogP) is 5.00. The first-order valence-electron chi connectivity index (χ1n) is 12.1. The number of allylic oxidation sites excluding steroid dienone is 5. The van der Waals surface area contributed by atoms with Gasteiger partial charge in [-0.25, -0.2) is 4.99 Å². The van der Waals surface area contributed by atoms with Gasteiger partial charge in [0.15, 0.2) is 11.9 Å². The number of aliphatic imine (C=N–C) groups is 1. The zero-order chi connectivity index (χ0) is 24.5. The van der Waals surface area contributed by atoms with Crippen LogP contribution in [-0.4, -0.2) is 51.8 Å². The van der Waals surface area contributed by atoms with Gasteiger partial charge in [-0.15, -0.1) is 0 Å². The molecule has 1 aliphatic heterocycles. The van der Waals surface area contributed by atoms with E-state index in [1.165, 1.54) is 5.57 Å². The van der Waals surface area contributed by atoms with E-state index in [1.54, 1.807) is 12.4 Å². The fourth-order valence-corrected chi connectivity index (χ4v) is 4.10.